The van der Waals surface area contributed by atoms with Crippen LogP contribution in [0.4, 0.5) is 0 Å². The minimum atomic E-state index is 0.690. The monoisotopic (exact) mass is 305 g/mol. The minimum Gasteiger partial charge on any atom is -0.457 e. The van der Waals surface area contributed by atoms with Crippen LogP contribution in [0.2, 0.25) is 5.02 Å². The standard InChI is InChI=1S/C16H16ClNOS/c1-18-10-12-2-4-13(17)8-15(12)19-14-5-3-11-6-7-20-16(11)9-14/h2-5,8-9,18H,6-7,10H2,1H3. The van der Waals surface area contributed by atoms with E-state index in [-0.39, 0.29) is 0 Å². The summed E-state index contributed by atoms with van der Waals surface area (Å²) in [6.45, 7) is 0.756. The number of halogens is 1. The zero-order valence-corrected chi connectivity index (χ0v) is 12.9. The SMILES string of the molecule is CNCc1ccc(Cl)cc1Oc1ccc2c(c1)SCC2. The summed E-state index contributed by atoms with van der Waals surface area (Å²) in [5.41, 5.74) is 2.52. The number of benzene rings is 2. The van der Waals surface area contributed by atoms with Crippen LogP contribution in [-0.2, 0) is 13.0 Å². The van der Waals surface area contributed by atoms with Gasteiger partial charge >= 0.3 is 0 Å². The van der Waals surface area contributed by atoms with Crippen molar-refractivity contribution in [2.75, 3.05) is 12.8 Å². The molecule has 0 atom stereocenters. The Morgan fingerprint density at radius 3 is 3.00 bits per heavy atom. The Bertz CT molecular complexity index is 630. The summed E-state index contributed by atoms with van der Waals surface area (Å²) in [6.07, 6.45) is 1.16. The van der Waals surface area contributed by atoms with E-state index in [1.807, 2.05) is 43.1 Å². The van der Waals surface area contributed by atoms with Crippen molar-refractivity contribution in [3.05, 3.63) is 52.5 Å². The van der Waals surface area contributed by atoms with Crippen molar-refractivity contribution in [1.29, 1.82) is 0 Å². The molecule has 20 heavy (non-hydrogen) atoms. The predicted octanol–water partition coefficient (Wildman–Crippen LogP) is 4.50. The van der Waals surface area contributed by atoms with Crippen molar-refractivity contribution < 1.29 is 4.74 Å². The van der Waals surface area contributed by atoms with Gasteiger partial charge in [0.1, 0.15) is 11.5 Å². The highest BCUT2D eigenvalue weighted by atomic mass is 35.5. The van der Waals surface area contributed by atoms with Crippen molar-refractivity contribution in [3.63, 3.8) is 0 Å². The van der Waals surface area contributed by atoms with Crippen LogP contribution in [0, 0.1) is 0 Å². The Morgan fingerprint density at radius 1 is 1.25 bits per heavy atom. The molecule has 0 saturated heterocycles. The van der Waals surface area contributed by atoms with Gasteiger partial charge in [-0.2, -0.15) is 0 Å². The Hall–Kier alpha value is -1.16. The third-order valence-corrected chi connectivity index (χ3v) is 4.63. The van der Waals surface area contributed by atoms with Crippen molar-refractivity contribution in [1.82, 2.24) is 5.32 Å². The van der Waals surface area contributed by atoms with Crippen LogP contribution in [0.15, 0.2) is 41.3 Å². The van der Waals surface area contributed by atoms with Crippen LogP contribution in [0.5, 0.6) is 11.5 Å². The zero-order valence-electron chi connectivity index (χ0n) is 11.3. The summed E-state index contributed by atoms with van der Waals surface area (Å²) in [6, 6.07) is 12.1. The van der Waals surface area contributed by atoms with E-state index in [2.05, 4.69) is 17.4 Å². The Kier molecular flexibility index (Phi) is 4.20. The number of nitrogens with one attached hydrogen (secondary N) is 1. The number of hydrogen-bond acceptors (Lipinski definition) is 3. The van der Waals surface area contributed by atoms with E-state index in [0.29, 0.717) is 5.02 Å². The number of rotatable bonds is 4. The molecule has 0 radical (unpaired) electrons. The number of aryl methyl sites for hydroxylation is 1. The summed E-state index contributed by atoms with van der Waals surface area (Å²) in [5, 5.41) is 3.83. The Labute approximate surface area is 128 Å². The summed E-state index contributed by atoms with van der Waals surface area (Å²) < 4.78 is 6.03. The van der Waals surface area contributed by atoms with Crippen LogP contribution >= 0.6 is 23.4 Å². The molecule has 1 heterocycles. The highest BCUT2D eigenvalue weighted by Crippen LogP contribution is 2.36. The van der Waals surface area contributed by atoms with Crippen molar-refractivity contribution in [2.24, 2.45) is 0 Å². The Morgan fingerprint density at radius 2 is 2.15 bits per heavy atom. The molecule has 0 saturated carbocycles. The summed E-state index contributed by atoms with van der Waals surface area (Å²) in [4.78, 5) is 1.33. The zero-order chi connectivity index (χ0) is 13.9. The maximum Gasteiger partial charge on any atom is 0.133 e. The van der Waals surface area contributed by atoms with E-state index >= 15 is 0 Å². The van der Waals surface area contributed by atoms with E-state index in [0.717, 1.165) is 30.0 Å². The van der Waals surface area contributed by atoms with Crippen LogP contribution in [0.3, 0.4) is 0 Å². The second-order valence-corrected chi connectivity index (χ2v) is 6.33. The lowest BCUT2D eigenvalue weighted by Crippen LogP contribution is -2.06. The first-order valence-electron chi connectivity index (χ1n) is 6.63. The van der Waals surface area contributed by atoms with E-state index in [1.165, 1.54) is 16.2 Å². The van der Waals surface area contributed by atoms with E-state index < -0.39 is 0 Å². The van der Waals surface area contributed by atoms with Crippen molar-refractivity contribution in [2.45, 2.75) is 17.9 Å². The van der Waals surface area contributed by atoms with E-state index in [1.54, 1.807) is 0 Å². The fraction of sp³-hybridized carbons (Fsp3) is 0.250. The smallest absolute Gasteiger partial charge is 0.133 e. The van der Waals surface area contributed by atoms with Gasteiger partial charge in [0.2, 0.25) is 0 Å². The highest BCUT2D eigenvalue weighted by Gasteiger charge is 2.13. The fourth-order valence-corrected chi connectivity index (χ4v) is 3.56. The van der Waals surface area contributed by atoms with Crippen LogP contribution in [0.25, 0.3) is 0 Å². The average molecular weight is 306 g/mol. The molecule has 1 N–H and O–H groups in total. The molecule has 1 aliphatic heterocycles. The van der Waals surface area contributed by atoms with Gasteiger partial charge in [-0.15, -0.1) is 11.8 Å². The van der Waals surface area contributed by atoms with Crippen LogP contribution in [-0.4, -0.2) is 12.8 Å². The van der Waals surface area contributed by atoms with E-state index in [4.69, 9.17) is 16.3 Å². The summed E-state index contributed by atoms with van der Waals surface area (Å²) >= 11 is 7.96. The molecule has 0 amide bonds. The molecule has 1 aliphatic rings. The van der Waals surface area contributed by atoms with Crippen LogP contribution in [0.1, 0.15) is 11.1 Å². The quantitative estimate of drug-likeness (QED) is 0.898. The molecule has 0 aromatic heterocycles. The lowest BCUT2D eigenvalue weighted by Gasteiger charge is -2.12. The summed E-state index contributed by atoms with van der Waals surface area (Å²) in [5.74, 6) is 2.86. The number of thioether (sulfide) groups is 1. The lowest BCUT2D eigenvalue weighted by molar-refractivity contribution is 0.473. The minimum absolute atomic E-state index is 0.690. The molecular weight excluding hydrogens is 290 g/mol. The summed E-state index contributed by atoms with van der Waals surface area (Å²) in [7, 11) is 1.92. The molecule has 2 aromatic rings. The number of ether oxygens (including phenoxy) is 1. The van der Waals surface area contributed by atoms with Crippen molar-refractivity contribution >= 4 is 23.4 Å². The predicted molar refractivity (Wildman–Crippen MR) is 85.2 cm³/mol. The fourth-order valence-electron chi connectivity index (χ4n) is 2.30. The van der Waals surface area contributed by atoms with Gasteiger partial charge < -0.3 is 10.1 Å². The molecule has 104 valence electrons. The molecule has 2 nitrogen and oxygen atoms in total. The van der Waals surface area contributed by atoms with Gasteiger partial charge in [0, 0.05) is 27.8 Å². The van der Waals surface area contributed by atoms with Crippen LogP contribution < -0.4 is 10.1 Å². The van der Waals surface area contributed by atoms with Crippen molar-refractivity contribution in [3.8, 4) is 11.5 Å². The van der Waals surface area contributed by atoms with Gasteiger partial charge in [-0.05, 0) is 43.3 Å². The molecule has 3 rings (SSSR count). The molecule has 0 spiro atoms. The van der Waals surface area contributed by atoms with Gasteiger partial charge in [-0.3, -0.25) is 0 Å². The maximum absolute atomic E-state index is 6.07. The molecular formula is C16H16ClNOS. The average Bonchev–Trinajstić information content (AvgIpc) is 2.89. The first-order valence-corrected chi connectivity index (χ1v) is 7.99. The normalized spacial score (nSPS) is 13.3. The van der Waals surface area contributed by atoms with Gasteiger partial charge in [0.25, 0.3) is 0 Å². The molecule has 4 heteroatoms. The molecule has 0 unspecified atom stereocenters. The molecule has 0 fully saturated rings. The molecule has 2 aromatic carbocycles. The van der Waals surface area contributed by atoms with Gasteiger partial charge in [-0.25, -0.2) is 0 Å². The topological polar surface area (TPSA) is 21.3 Å². The third kappa shape index (κ3) is 2.95. The lowest BCUT2D eigenvalue weighted by atomic mass is 10.1. The second kappa shape index (κ2) is 6.08. The first kappa shape index (κ1) is 13.8. The first-order chi connectivity index (χ1) is 9.76. The third-order valence-electron chi connectivity index (χ3n) is 3.29. The molecule has 0 aliphatic carbocycles. The highest BCUT2D eigenvalue weighted by molar-refractivity contribution is 7.99. The van der Waals surface area contributed by atoms with E-state index in [9.17, 15) is 0 Å². The largest absolute Gasteiger partial charge is 0.457 e. The van der Waals surface area contributed by atoms with Gasteiger partial charge in [0.15, 0.2) is 0 Å². The van der Waals surface area contributed by atoms with Gasteiger partial charge in [0.05, 0.1) is 0 Å². The number of fused-ring (bicyclic) bond motifs is 1. The van der Waals surface area contributed by atoms with Gasteiger partial charge in [-0.1, -0.05) is 23.7 Å². The second-order valence-electron chi connectivity index (χ2n) is 4.75. The molecule has 0 bridgehead atoms. The Balaban J connectivity index is 1.88. The maximum atomic E-state index is 6.07. The number of hydrogen-bond donors (Lipinski definition) is 1.